The van der Waals surface area contributed by atoms with Gasteiger partial charge in [-0.1, -0.05) is 17.7 Å². The van der Waals surface area contributed by atoms with Crippen LogP contribution in [0.4, 0.5) is 0 Å². The first-order chi connectivity index (χ1) is 10.2. The van der Waals surface area contributed by atoms with Gasteiger partial charge in [0.15, 0.2) is 5.76 Å². The molecule has 0 saturated carbocycles. The molecule has 5 heteroatoms. The van der Waals surface area contributed by atoms with Crippen LogP contribution in [0.25, 0.3) is 16.5 Å². The zero-order chi connectivity index (χ0) is 14.4. The van der Waals surface area contributed by atoms with E-state index in [-0.39, 0.29) is 11.5 Å². The van der Waals surface area contributed by atoms with Crippen molar-refractivity contribution >= 4 is 33.9 Å². The third-order valence-electron chi connectivity index (χ3n) is 3.37. The number of aromatic nitrogens is 2. The molecule has 0 N–H and O–H groups in total. The van der Waals surface area contributed by atoms with Crippen molar-refractivity contribution in [3.63, 3.8) is 0 Å². The molecule has 0 amide bonds. The summed E-state index contributed by atoms with van der Waals surface area (Å²) in [5.41, 5.74) is 1.90. The van der Waals surface area contributed by atoms with Crippen LogP contribution >= 0.6 is 11.6 Å². The lowest BCUT2D eigenvalue weighted by Crippen LogP contribution is -1.98. The van der Waals surface area contributed by atoms with Crippen molar-refractivity contribution in [2.45, 2.75) is 0 Å². The van der Waals surface area contributed by atoms with Crippen LogP contribution < -0.4 is 0 Å². The molecule has 0 aliphatic carbocycles. The summed E-state index contributed by atoms with van der Waals surface area (Å²) in [5.74, 6) is 0.0922. The number of hydrogen-bond acceptors (Lipinski definition) is 3. The highest BCUT2D eigenvalue weighted by atomic mass is 35.5. The molecule has 4 rings (SSSR count). The first kappa shape index (κ1) is 12.2. The number of carbonyl (C=O) groups is 1. The van der Waals surface area contributed by atoms with E-state index in [2.05, 4.69) is 5.10 Å². The lowest BCUT2D eigenvalue weighted by Gasteiger charge is -1.95. The van der Waals surface area contributed by atoms with E-state index in [1.165, 1.54) is 0 Å². The number of ketones is 1. The fourth-order valence-corrected chi connectivity index (χ4v) is 2.55. The second-order valence-electron chi connectivity index (χ2n) is 4.71. The average molecular weight is 297 g/mol. The van der Waals surface area contributed by atoms with E-state index in [1.54, 1.807) is 41.2 Å². The Morgan fingerprint density at radius 2 is 2.10 bits per heavy atom. The Bertz CT molecular complexity index is 984. The fourth-order valence-electron chi connectivity index (χ4n) is 2.37. The summed E-state index contributed by atoms with van der Waals surface area (Å²) in [4.78, 5) is 12.6. The second-order valence-corrected chi connectivity index (χ2v) is 5.15. The van der Waals surface area contributed by atoms with Crippen LogP contribution in [-0.2, 0) is 0 Å². The Kier molecular flexibility index (Phi) is 2.59. The van der Waals surface area contributed by atoms with E-state index in [4.69, 9.17) is 16.0 Å². The molecule has 0 radical (unpaired) electrons. The van der Waals surface area contributed by atoms with E-state index in [0.717, 1.165) is 10.9 Å². The maximum Gasteiger partial charge on any atom is 0.232 e. The first-order valence-electron chi connectivity index (χ1n) is 6.38. The molecule has 0 bridgehead atoms. The molecule has 0 aliphatic rings. The Hall–Kier alpha value is -2.59. The van der Waals surface area contributed by atoms with Gasteiger partial charge in [-0.15, -0.1) is 0 Å². The molecule has 0 unspecified atom stereocenters. The average Bonchev–Trinajstić information content (AvgIpc) is 3.09. The third kappa shape index (κ3) is 1.92. The standard InChI is InChI=1S/C16H9ClN2O2/c17-11-4-5-14-10(7-11)8-15(21-14)16(20)12-9-18-19-6-2-1-3-13(12)19/h1-9H. The summed E-state index contributed by atoms with van der Waals surface area (Å²) in [5, 5.41) is 5.58. The number of benzene rings is 1. The van der Waals surface area contributed by atoms with E-state index < -0.39 is 0 Å². The van der Waals surface area contributed by atoms with Crippen molar-refractivity contribution < 1.29 is 9.21 Å². The number of carbonyl (C=O) groups excluding carboxylic acids is 1. The van der Waals surface area contributed by atoms with Crippen LogP contribution in [-0.4, -0.2) is 15.4 Å². The Morgan fingerprint density at radius 1 is 1.19 bits per heavy atom. The summed E-state index contributed by atoms with van der Waals surface area (Å²) in [6.45, 7) is 0. The minimum Gasteiger partial charge on any atom is -0.453 e. The van der Waals surface area contributed by atoms with Crippen molar-refractivity contribution in [3.8, 4) is 0 Å². The third-order valence-corrected chi connectivity index (χ3v) is 3.61. The number of nitrogens with zero attached hydrogens (tertiary/aromatic N) is 2. The van der Waals surface area contributed by atoms with Gasteiger partial charge in [0.25, 0.3) is 0 Å². The van der Waals surface area contributed by atoms with Gasteiger partial charge >= 0.3 is 0 Å². The molecule has 0 fully saturated rings. The zero-order valence-corrected chi connectivity index (χ0v) is 11.5. The van der Waals surface area contributed by atoms with Gasteiger partial charge in [-0.2, -0.15) is 5.10 Å². The largest absolute Gasteiger partial charge is 0.453 e. The maximum absolute atomic E-state index is 12.6. The predicted octanol–water partition coefficient (Wildman–Crippen LogP) is 3.96. The smallest absolute Gasteiger partial charge is 0.232 e. The van der Waals surface area contributed by atoms with Crippen molar-refractivity contribution in [3.05, 3.63) is 71.2 Å². The molecule has 3 aromatic heterocycles. The van der Waals surface area contributed by atoms with Gasteiger partial charge in [0.2, 0.25) is 5.78 Å². The lowest BCUT2D eigenvalue weighted by atomic mass is 10.1. The summed E-state index contributed by atoms with van der Waals surface area (Å²) < 4.78 is 7.27. The van der Waals surface area contributed by atoms with Gasteiger partial charge < -0.3 is 4.42 Å². The number of rotatable bonds is 2. The van der Waals surface area contributed by atoms with E-state index in [0.29, 0.717) is 16.2 Å². The SMILES string of the molecule is O=C(c1cc2cc(Cl)ccc2o1)c1cnn2ccccc12. The number of pyridine rings is 1. The highest BCUT2D eigenvalue weighted by Crippen LogP contribution is 2.25. The Balaban J connectivity index is 1.86. The van der Waals surface area contributed by atoms with Gasteiger partial charge in [0.05, 0.1) is 17.3 Å². The fraction of sp³-hybridized carbons (Fsp3) is 0. The van der Waals surface area contributed by atoms with E-state index in [9.17, 15) is 4.79 Å². The quantitative estimate of drug-likeness (QED) is 0.526. The van der Waals surface area contributed by atoms with Gasteiger partial charge in [0.1, 0.15) is 5.58 Å². The van der Waals surface area contributed by atoms with Crippen LogP contribution in [0.5, 0.6) is 0 Å². The van der Waals surface area contributed by atoms with Gasteiger partial charge in [0, 0.05) is 16.6 Å². The molecule has 0 saturated heterocycles. The molecule has 3 heterocycles. The van der Waals surface area contributed by atoms with Crippen LogP contribution in [0, 0.1) is 0 Å². The van der Waals surface area contributed by atoms with Gasteiger partial charge in [-0.05, 0) is 36.4 Å². The monoisotopic (exact) mass is 296 g/mol. The minimum atomic E-state index is -0.191. The maximum atomic E-state index is 12.6. The van der Waals surface area contributed by atoms with Crippen LogP contribution in [0.1, 0.15) is 16.1 Å². The number of furan rings is 1. The minimum absolute atomic E-state index is 0.191. The lowest BCUT2D eigenvalue weighted by molar-refractivity contribution is 0.101. The Morgan fingerprint density at radius 3 is 3.00 bits per heavy atom. The van der Waals surface area contributed by atoms with E-state index in [1.807, 2.05) is 18.2 Å². The van der Waals surface area contributed by atoms with Crippen molar-refractivity contribution in [2.75, 3.05) is 0 Å². The predicted molar refractivity (Wildman–Crippen MR) is 79.8 cm³/mol. The Labute approximate surface area is 124 Å². The van der Waals surface area contributed by atoms with Crippen LogP contribution in [0.2, 0.25) is 5.02 Å². The molecular weight excluding hydrogens is 288 g/mol. The molecular formula is C16H9ClN2O2. The van der Waals surface area contributed by atoms with Crippen LogP contribution in [0.3, 0.4) is 0 Å². The zero-order valence-electron chi connectivity index (χ0n) is 10.8. The summed E-state index contributed by atoms with van der Waals surface area (Å²) >= 11 is 5.95. The van der Waals surface area contributed by atoms with Crippen molar-refractivity contribution in [1.29, 1.82) is 0 Å². The van der Waals surface area contributed by atoms with Crippen molar-refractivity contribution in [2.24, 2.45) is 0 Å². The number of fused-ring (bicyclic) bond motifs is 2. The summed E-state index contributed by atoms with van der Waals surface area (Å²) in [6.07, 6.45) is 3.35. The van der Waals surface area contributed by atoms with Crippen LogP contribution in [0.15, 0.2) is 59.3 Å². The summed E-state index contributed by atoms with van der Waals surface area (Å²) in [7, 11) is 0. The van der Waals surface area contributed by atoms with Gasteiger partial charge in [-0.25, -0.2) is 4.52 Å². The van der Waals surface area contributed by atoms with Crippen molar-refractivity contribution in [1.82, 2.24) is 9.61 Å². The molecule has 0 aliphatic heterocycles. The normalized spacial score (nSPS) is 11.3. The first-order valence-corrected chi connectivity index (χ1v) is 6.76. The molecule has 4 aromatic rings. The topological polar surface area (TPSA) is 47.5 Å². The highest BCUT2D eigenvalue weighted by molar-refractivity contribution is 6.31. The molecule has 0 atom stereocenters. The molecule has 1 aromatic carbocycles. The molecule has 102 valence electrons. The number of halogens is 1. The van der Waals surface area contributed by atoms with E-state index >= 15 is 0 Å². The highest BCUT2D eigenvalue weighted by Gasteiger charge is 2.18. The second kappa shape index (κ2) is 4.46. The number of hydrogen-bond donors (Lipinski definition) is 0. The van der Waals surface area contributed by atoms with Gasteiger partial charge in [-0.3, -0.25) is 4.79 Å². The molecule has 4 nitrogen and oxygen atoms in total. The summed E-state index contributed by atoms with van der Waals surface area (Å²) in [6, 6.07) is 12.5. The molecule has 0 spiro atoms. The molecule has 21 heavy (non-hydrogen) atoms.